The Labute approximate surface area is 157 Å². The van der Waals surface area contributed by atoms with Crippen LogP contribution in [-0.4, -0.2) is 50.7 Å². The summed E-state index contributed by atoms with van der Waals surface area (Å²) < 4.78 is 1.27. The Kier molecular flexibility index (Phi) is 6.33. The van der Waals surface area contributed by atoms with Crippen molar-refractivity contribution in [2.75, 3.05) is 18.4 Å². The summed E-state index contributed by atoms with van der Waals surface area (Å²) in [4.78, 5) is 36.8. The van der Waals surface area contributed by atoms with E-state index in [-0.39, 0.29) is 18.4 Å². The van der Waals surface area contributed by atoms with E-state index in [9.17, 15) is 19.5 Å². The van der Waals surface area contributed by atoms with Crippen molar-refractivity contribution in [1.82, 2.24) is 14.7 Å². The molecule has 0 bridgehead atoms. The van der Waals surface area contributed by atoms with Crippen LogP contribution in [0.2, 0.25) is 0 Å². The summed E-state index contributed by atoms with van der Waals surface area (Å²) >= 11 is 0. The molecule has 0 fully saturated rings. The third kappa shape index (κ3) is 5.40. The second-order valence-electron chi connectivity index (χ2n) is 6.76. The Morgan fingerprint density at radius 1 is 1.22 bits per heavy atom. The molecule has 2 rings (SSSR count). The molecule has 0 aliphatic carbocycles. The summed E-state index contributed by atoms with van der Waals surface area (Å²) in [5.74, 6) is -1.60. The number of hydrogen-bond donors (Lipinski definition) is 2. The van der Waals surface area contributed by atoms with Crippen LogP contribution in [0.4, 0.5) is 5.69 Å². The van der Waals surface area contributed by atoms with Crippen LogP contribution in [0.15, 0.2) is 42.7 Å². The van der Waals surface area contributed by atoms with Crippen molar-refractivity contribution < 1.29 is 19.5 Å². The third-order valence-electron chi connectivity index (χ3n) is 4.26. The van der Waals surface area contributed by atoms with Gasteiger partial charge in [-0.05, 0) is 25.8 Å². The third-order valence-corrected chi connectivity index (χ3v) is 4.26. The molecule has 2 N–H and O–H groups in total. The molecule has 2 amide bonds. The number of amides is 2. The lowest BCUT2D eigenvalue weighted by Crippen LogP contribution is -2.38. The van der Waals surface area contributed by atoms with Crippen LogP contribution in [0.3, 0.4) is 0 Å². The van der Waals surface area contributed by atoms with Gasteiger partial charge in [-0.1, -0.05) is 30.3 Å². The maximum atomic E-state index is 12.3. The van der Waals surface area contributed by atoms with Gasteiger partial charge in [-0.15, -0.1) is 0 Å². The number of anilines is 1. The number of nitrogens with zero attached hydrogens (tertiary/aromatic N) is 3. The van der Waals surface area contributed by atoms with Gasteiger partial charge in [-0.2, -0.15) is 5.10 Å². The Morgan fingerprint density at radius 2 is 1.89 bits per heavy atom. The minimum Gasteiger partial charge on any atom is -0.479 e. The van der Waals surface area contributed by atoms with E-state index in [1.54, 1.807) is 0 Å². The Bertz CT molecular complexity index is 814. The van der Waals surface area contributed by atoms with Crippen LogP contribution in [0, 0.1) is 0 Å². The van der Waals surface area contributed by atoms with Gasteiger partial charge < -0.3 is 15.3 Å². The van der Waals surface area contributed by atoms with E-state index in [0.717, 1.165) is 5.56 Å². The summed E-state index contributed by atoms with van der Waals surface area (Å²) in [5, 5.41) is 15.9. The van der Waals surface area contributed by atoms with Crippen molar-refractivity contribution >= 4 is 23.5 Å². The molecule has 27 heavy (non-hydrogen) atoms. The predicted octanol–water partition coefficient (Wildman–Crippen LogP) is 1.73. The van der Waals surface area contributed by atoms with Crippen molar-refractivity contribution in [3.8, 4) is 0 Å². The number of carbonyl (C=O) groups is 3. The quantitative estimate of drug-likeness (QED) is 0.734. The number of aliphatic carboxylic acids is 1. The maximum absolute atomic E-state index is 12.3. The van der Waals surface area contributed by atoms with Crippen molar-refractivity contribution in [3.63, 3.8) is 0 Å². The predicted molar refractivity (Wildman–Crippen MR) is 100 cm³/mol. The van der Waals surface area contributed by atoms with Gasteiger partial charge in [0.05, 0.1) is 18.4 Å². The molecule has 8 nitrogen and oxygen atoms in total. The number of aromatic nitrogens is 2. The fourth-order valence-corrected chi connectivity index (χ4v) is 2.42. The molecule has 8 heteroatoms. The number of hydrogen-bond acceptors (Lipinski definition) is 4. The highest BCUT2D eigenvalue weighted by atomic mass is 16.4. The molecule has 144 valence electrons. The Hall–Kier alpha value is -3.16. The van der Waals surface area contributed by atoms with Gasteiger partial charge in [0.25, 0.3) is 0 Å². The molecular weight excluding hydrogens is 348 g/mol. The first-order valence-corrected chi connectivity index (χ1v) is 8.58. The molecule has 1 aromatic heterocycles. The zero-order chi connectivity index (χ0) is 20.0. The molecule has 0 saturated carbocycles. The van der Waals surface area contributed by atoms with Crippen LogP contribution in [0.1, 0.15) is 26.3 Å². The smallest absolute Gasteiger partial charge is 0.331 e. The SMILES string of the molecule is CC(=O)N(CCc1ccccc1)CC(=O)Nc1cnn(C(C)(C)C(=O)O)c1. The minimum atomic E-state index is -1.23. The highest BCUT2D eigenvalue weighted by molar-refractivity contribution is 5.94. The van der Waals surface area contributed by atoms with Crippen molar-refractivity contribution in [3.05, 3.63) is 48.3 Å². The van der Waals surface area contributed by atoms with E-state index >= 15 is 0 Å². The zero-order valence-electron chi connectivity index (χ0n) is 15.7. The van der Waals surface area contributed by atoms with Crippen molar-refractivity contribution in [1.29, 1.82) is 0 Å². The number of carboxylic acids is 1. The fraction of sp³-hybridized carbons (Fsp3) is 0.368. The molecule has 0 spiro atoms. The fourth-order valence-electron chi connectivity index (χ4n) is 2.42. The van der Waals surface area contributed by atoms with Crippen molar-refractivity contribution in [2.24, 2.45) is 0 Å². The van der Waals surface area contributed by atoms with E-state index in [2.05, 4.69) is 10.4 Å². The van der Waals surface area contributed by atoms with Gasteiger partial charge in [-0.25, -0.2) is 4.79 Å². The molecule has 0 radical (unpaired) electrons. The lowest BCUT2D eigenvalue weighted by atomic mass is 10.1. The average Bonchev–Trinajstić information content (AvgIpc) is 3.08. The molecule has 1 heterocycles. The second kappa shape index (κ2) is 8.48. The van der Waals surface area contributed by atoms with Gasteiger partial charge in [0.1, 0.15) is 0 Å². The van der Waals surface area contributed by atoms with E-state index in [4.69, 9.17) is 0 Å². The van der Waals surface area contributed by atoms with Gasteiger partial charge in [0, 0.05) is 19.7 Å². The van der Waals surface area contributed by atoms with E-state index in [1.807, 2.05) is 30.3 Å². The van der Waals surface area contributed by atoms with Gasteiger partial charge in [0.2, 0.25) is 11.8 Å². The first kappa shape index (κ1) is 20.2. The maximum Gasteiger partial charge on any atom is 0.331 e. The molecule has 0 aliphatic rings. The number of benzene rings is 1. The van der Waals surface area contributed by atoms with Crippen LogP contribution in [0.25, 0.3) is 0 Å². The topological polar surface area (TPSA) is 105 Å². The zero-order valence-corrected chi connectivity index (χ0v) is 15.7. The summed E-state index contributed by atoms with van der Waals surface area (Å²) in [6, 6.07) is 9.71. The summed E-state index contributed by atoms with van der Waals surface area (Å²) in [7, 11) is 0. The Balaban J connectivity index is 1.95. The van der Waals surface area contributed by atoms with Gasteiger partial charge in [-0.3, -0.25) is 14.3 Å². The van der Waals surface area contributed by atoms with Crippen molar-refractivity contribution in [2.45, 2.75) is 32.7 Å². The number of carboxylic acid groups (broad SMARTS) is 1. The standard InChI is InChI=1S/C19H24N4O4/c1-14(24)22(10-9-15-7-5-4-6-8-15)13-17(25)21-16-11-20-23(12-16)19(2,3)18(26)27/h4-8,11-12H,9-10,13H2,1-3H3,(H,21,25)(H,26,27). The van der Waals surface area contributed by atoms with Crippen LogP contribution in [-0.2, 0) is 26.3 Å². The largest absolute Gasteiger partial charge is 0.479 e. The number of nitrogens with one attached hydrogen (secondary N) is 1. The minimum absolute atomic E-state index is 0.0876. The average molecular weight is 372 g/mol. The van der Waals surface area contributed by atoms with Crippen LogP contribution >= 0.6 is 0 Å². The number of carbonyl (C=O) groups excluding carboxylic acids is 2. The molecular formula is C19H24N4O4. The normalized spacial score (nSPS) is 11.1. The molecule has 1 aromatic carbocycles. The highest BCUT2D eigenvalue weighted by Crippen LogP contribution is 2.17. The summed E-state index contributed by atoms with van der Waals surface area (Å²) in [5.41, 5.74) is 0.228. The van der Waals surface area contributed by atoms with Crippen LogP contribution < -0.4 is 5.32 Å². The highest BCUT2D eigenvalue weighted by Gasteiger charge is 2.30. The molecule has 0 aliphatic heterocycles. The Morgan fingerprint density at radius 3 is 2.48 bits per heavy atom. The number of rotatable bonds is 8. The van der Waals surface area contributed by atoms with E-state index in [1.165, 1.54) is 42.7 Å². The lowest BCUT2D eigenvalue weighted by molar-refractivity contribution is -0.146. The second-order valence-corrected chi connectivity index (χ2v) is 6.76. The molecule has 0 unspecified atom stereocenters. The summed E-state index contributed by atoms with van der Waals surface area (Å²) in [6.45, 7) is 4.78. The first-order chi connectivity index (χ1) is 12.7. The monoisotopic (exact) mass is 372 g/mol. The van der Waals surface area contributed by atoms with Gasteiger partial charge in [0.15, 0.2) is 5.54 Å². The van der Waals surface area contributed by atoms with E-state index in [0.29, 0.717) is 18.7 Å². The van der Waals surface area contributed by atoms with Gasteiger partial charge >= 0.3 is 5.97 Å². The molecule has 0 atom stereocenters. The first-order valence-electron chi connectivity index (χ1n) is 8.58. The molecule has 0 saturated heterocycles. The molecule has 2 aromatic rings. The van der Waals surface area contributed by atoms with Crippen LogP contribution in [0.5, 0.6) is 0 Å². The lowest BCUT2D eigenvalue weighted by Gasteiger charge is -2.20. The van der Waals surface area contributed by atoms with E-state index < -0.39 is 11.5 Å². The summed E-state index contributed by atoms with van der Waals surface area (Å²) in [6.07, 6.45) is 3.48.